The number of amides is 1. The Labute approximate surface area is 78.8 Å². The van der Waals surface area contributed by atoms with Crippen molar-refractivity contribution in [3.63, 3.8) is 0 Å². The quantitative estimate of drug-likeness (QED) is 0.495. The second-order valence-corrected chi connectivity index (χ2v) is 2.91. The Bertz CT molecular complexity index is 180. The van der Waals surface area contributed by atoms with Crippen molar-refractivity contribution < 1.29 is 14.4 Å². The Morgan fingerprint density at radius 1 is 1.23 bits per heavy atom. The van der Waals surface area contributed by atoms with Crippen LogP contribution in [0, 0.1) is 0 Å². The van der Waals surface area contributed by atoms with Crippen LogP contribution in [0.3, 0.4) is 0 Å². The summed E-state index contributed by atoms with van der Waals surface area (Å²) in [6.45, 7) is 5.23. The topological polar surface area (TPSA) is 46.6 Å². The summed E-state index contributed by atoms with van der Waals surface area (Å²) in [6, 6.07) is 0. The molecule has 0 rings (SSSR count). The highest BCUT2D eigenvalue weighted by atomic mass is 16.7. The van der Waals surface area contributed by atoms with Gasteiger partial charge in [-0.05, 0) is 6.42 Å². The zero-order chi connectivity index (χ0) is 10.3. The summed E-state index contributed by atoms with van der Waals surface area (Å²) in [7, 11) is 0. The number of carbonyl (C=O) groups excluding carboxylic acids is 2. The van der Waals surface area contributed by atoms with Crippen LogP contribution in [0.1, 0.15) is 40.0 Å². The molecule has 0 unspecified atom stereocenters. The average Bonchev–Trinajstić information content (AvgIpc) is 2.02. The first-order valence-corrected chi connectivity index (χ1v) is 4.54. The van der Waals surface area contributed by atoms with E-state index in [1.54, 1.807) is 0 Å². The van der Waals surface area contributed by atoms with Gasteiger partial charge in [0.05, 0.1) is 6.54 Å². The lowest BCUT2D eigenvalue weighted by Crippen LogP contribution is -2.31. The highest BCUT2D eigenvalue weighted by molar-refractivity contribution is 5.75. The third-order valence-corrected chi connectivity index (χ3v) is 1.55. The molecule has 0 spiro atoms. The van der Waals surface area contributed by atoms with E-state index in [-0.39, 0.29) is 5.91 Å². The van der Waals surface area contributed by atoms with Crippen molar-refractivity contribution in [2.24, 2.45) is 0 Å². The first-order valence-electron chi connectivity index (χ1n) is 4.54. The molecule has 0 N–H and O–H groups in total. The highest BCUT2D eigenvalue weighted by Gasteiger charge is 2.10. The van der Waals surface area contributed by atoms with Crippen LogP contribution in [0.25, 0.3) is 0 Å². The third-order valence-electron chi connectivity index (χ3n) is 1.55. The Hall–Kier alpha value is -1.06. The first-order chi connectivity index (χ1) is 6.07. The van der Waals surface area contributed by atoms with Gasteiger partial charge in [0.25, 0.3) is 5.91 Å². The lowest BCUT2D eigenvalue weighted by Gasteiger charge is -2.18. The molecule has 0 bridgehead atoms. The predicted octanol–water partition coefficient (Wildman–Crippen LogP) is 1.50. The summed E-state index contributed by atoms with van der Waals surface area (Å²) < 4.78 is 0. The molecule has 0 aromatic rings. The molecule has 13 heavy (non-hydrogen) atoms. The van der Waals surface area contributed by atoms with E-state index in [1.165, 1.54) is 13.8 Å². The van der Waals surface area contributed by atoms with Crippen LogP contribution in [0.2, 0.25) is 0 Å². The molecule has 0 aliphatic carbocycles. The predicted molar refractivity (Wildman–Crippen MR) is 48.7 cm³/mol. The van der Waals surface area contributed by atoms with Crippen LogP contribution >= 0.6 is 0 Å². The molecule has 0 atom stereocenters. The lowest BCUT2D eigenvalue weighted by atomic mass is 10.2. The van der Waals surface area contributed by atoms with Gasteiger partial charge in [-0.3, -0.25) is 9.59 Å². The van der Waals surface area contributed by atoms with Gasteiger partial charge in [0, 0.05) is 13.8 Å². The maximum atomic E-state index is 10.9. The van der Waals surface area contributed by atoms with Crippen LogP contribution < -0.4 is 0 Å². The fourth-order valence-corrected chi connectivity index (χ4v) is 0.928. The summed E-state index contributed by atoms with van der Waals surface area (Å²) in [6.07, 6.45) is 2.97. The molecule has 0 saturated heterocycles. The molecule has 0 aliphatic rings. The Balaban J connectivity index is 3.81. The average molecular weight is 187 g/mol. The fourth-order valence-electron chi connectivity index (χ4n) is 0.928. The zero-order valence-electron chi connectivity index (χ0n) is 8.50. The summed E-state index contributed by atoms with van der Waals surface area (Å²) in [4.78, 5) is 26.2. The second-order valence-electron chi connectivity index (χ2n) is 2.91. The van der Waals surface area contributed by atoms with Gasteiger partial charge in [-0.25, -0.2) is 0 Å². The molecule has 0 heterocycles. The molecule has 4 heteroatoms. The summed E-state index contributed by atoms with van der Waals surface area (Å²) in [5.41, 5.74) is 0. The molecular formula is C9H17NO3. The number of nitrogens with zero attached hydrogens (tertiary/aromatic N) is 1. The number of hydrogen-bond donors (Lipinski definition) is 0. The van der Waals surface area contributed by atoms with Gasteiger partial charge in [0.2, 0.25) is 0 Å². The summed E-state index contributed by atoms with van der Waals surface area (Å²) >= 11 is 0. The summed E-state index contributed by atoms with van der Waals surface area (Å²) in [5.74, 6) is -0.682. The first kappa shape index (κ1) is 11.9. The van der Waals surface area contributed by atoms with E-state index >= 15 is 0 Å². The van der Waals surface area contributed by atoms with Gasteiger partial charge in [-0.15, -0.1) is 0 Å². The number of rotatable bonds is 4. The highest BCUT2D eigenvalue weighted by Crippen LogP contribution is 1.99. The van der Waals surface area contributed by atoms with Crippen LogP contribution in [0.4, 0.5) is 0 Å². The molecule has 76 valence electrons. The lowest BCUT2D eigenvalue weighted by molar-refractivity contribution is -0.195. The molecule has 0 aromatic carbocycles. The minimum absolute atomic E-state index is 0.230. The maximum absolute atomic E-state index is 10.9. The number of carbonyl (C=O) groups is 2. The Kier molecular flexibility index (Phi) is 5.93. The second kappa shape index (κ2) is 6.46. The van der Waals surface area contributed by atoms with Gasteiger partial charge in [0.15, 0.2) is 0 Å². The van der Waals surface area contributed by atoms with Gasteiger partial charge in [0.1, 0.15) is 0 Å². The molecule has 1 amide bonds. The molecule has 0 saturated carbocycles. The van der Waals surface area contributed by atoms with Crippen molar-refractivity contribution in [2.45, 2.75) is 40.0 Å². The minimum atomic E-state index is -0.452. The molecule has 4 nitrogen and oxygen atoms in total. The van der Waals surface area contributed by atoms with E-state index in [0.29, 0.717) is 6.54 Å². The van der Waals surface area contributed by atoms with Crippen molar-refractivity contribution in [1.29, 1.82) is 0 Å². The van der Waals surface area contributed by atoms with Crippen LogP contribution in [-0.4, -0.2) is 23.5 Å². The van der Waals surface area contributed by atoms with Crippen molar-refractivity contribution in [3.8, 4) is 0 Å². The monoisotopic (exact) mass is 187 g/mol. The Morgan fingerprint density at radius 3 is 2.23 bits per heavy atom. The maximum Gasteiger partial charge on any atom is 0.329 e. The zero-order valence-corrected chi connectivity index (χ0v) is 8.50. The number of unbranched alkanes of at least 4 members (excludes halogenated alkanes) is 2. The minimum Gasteiger partial charge on any atom is -0.338 e. The van der Waals surface area contributed by atoms with E-state index in [2.05, 4.69) is 6.92 Å². The van der Waals surface area contributed by atoms with Gasteiger partial charge >= 0.3 is 5.97 Å². The fraction of sp³-hybridized carbons (Fsp3) is 0.778. The van der Waals surface area contributed by atoms with E-state index in [4.69, 9.17) is 4.84 Å². The van der Waals surface area contributed by atoms with E-state index < -0.39 is 5.97 Å². The normalized spacial score (nSPS) is 9.46. The van der Waals surface area contributed by atoms with Crippen LogP contribution in [0.5, 0.6) is 0 Å². The Morgan fingerprint density at radius 2 is 1.85 bits per heavy atom. The summed E-state index contributed by atoms with van der Waals surface area (Å²) in [5, 5.41) is 1.11. The van der Waals surface area contributed by atoms with Crippen LogP contribution in [-0.2, 0) is 14.4 Å². The largest absolute Gasteiger partial charge is 0.338 e. The molecule has 0 radical (unpaired) electrons. The van der Waals surface area contributed by atoms with E-state index in [9.17, 15) is 9.59 Å². The van der Waals surface area contributed by atoms with Crippen molar-refractivity contribution in [3.05, 3.63) is 0 Å². The van der Waals surface area contributed by atoms with Crippen molar-refractivity contribution in [2.75, 3.05) is 6.54 Å². The molecule has 0 aliphatic heterocycles. The van der Waals surface area contributed by atoms with Crippen molar-refractivity contribution in [1.82, 2.24) is 5.06 Å². The van der Waals surface area contributed by atoms with Crippen molar-refractivity contribution >= 4 is 11.9 Å². The smallest absolute Gasteiger partial charge is 0.329 e. The van der Waals surface area contributed by atoms with Gasteiger partial charge < -0.3 is 4.84 Å². The van der Waals surface area contributed by atoms with Crippen LogP contribution in [0.15, 0.2) is 0 Å². The number of hydroxylamine groups is 2. The molecule has 0 aromatic heterocycles. The van der Waals surface area contributed by atoms with E-state index in [0.717, 1.165) is 24.3 Å². The number of hydrogen-bond acceptors (Lipinski definition) is 3. The van der Waals surface area contributed by atoms with E-state index in [1.807, 2.05) is 0 Å². The molecule has 0 fully saturated rings. The standard InChI is InChI=1S/C9H17NO3/c1-4-5-6-7-10(8(2)11)13-9(3)12/h4-7H2,1-3H3. The van der Waals surface area contributed by atoms with Gasteiger partial charge in [-0.1, -0.05) is 19.8 Å². The third kappa shape index (κ3) is 6.13. The molecular weight excluding hydrogens is 170 g/mol. The SMILES string of the molecule is CCCCCN(OC(C)=O)C(C)=O. The van der Waals surface area contributed by atoms with Gasteiger partial charge in [-0.2, -0.15) is 5.06 Å².